The molecular formula is C21H22BrN3. The minimum absolute atomic E-state index is 1.00. The molecule has 3 aromatic rings. The van der Waals surface area contributed by atoms with Crippen molar-refractivity contribution in [2.75, 3.05) is 11.9 Å². The zero-order valence-electron chi connectivity index (χ0n) is 14.6. The van der Waals surface area contributed by atoms with Crippen molar-refractivity contribution in [3.8, 4) is 16.9 Å². The van der Waals surface area contributed by atoms with Crippen molar-refractivity contribution in [1.82, 2.24) is 9.78 Å². The van der Waals surface area contributed by atoms with Gasteiger partial charge in [-0.25, -0.2) is 4.68 Å². The lowest BCUT2D eigenvalue weighted by Gasteiger charge is -2.09. The molecule has 0 saturated carbocycles. The molecule has 0 bridgehead atoms. The summed E-state index contributed by atoms with van der Waals surface area (Å²) in [6, 6.07) is 15.0. The average Bonchev–Trinajstić information content (AvgIpc) is 2.77. The van der Waals surface area contributed by atoms with Crippen LogP contribution in [0.25, 0.3) is 16.9 Å². The van der Waals surface area contributed by atoms with Crippen LogP contribution in [0.5, 0.6) is 0 Å². The molecule has 4 rings (SSSR count). The summed E-state index contributed by atoms with van der Waals surface area (Å²) < 4.78 is 3.15. The molecule has 3 nitrogen and oxygen atoms in total. The van der Waals surface area contributed by atoms with Crippen molar-refractivity contribution < 1.29 is 0 Å². The second-order valence-corrected chi connectivity index (χ2v) is 7.74. The monoisotopic (exact) mass is 395 g/mol. The molecule has 0 unspecified atom stereocenters. The fraction of sp³-hybridized carbons (Fsp3) is 0.286. The molecule has 2 heterocycles. The first kappa shape index (κ1) is 16.4. The molecular weight excluding hydrogens is 374 g/mol. The van der Waals surface area contributed by atoms with Crippen LogP contribution in [-0.4, -0.2) is 16.3 Å². The van der Waals surface area contributed by atoms with E-state index < -0.39 is 0 Å². The maximum atomic E-state index is 5.02. The summed E-state index contributed by atoms with van der Waals surface area (Å²) in [4.78, 5) is 0. The van der Waals surface area contributed by atoms with E-state index in [1.54, 1.807) is 0 Å². The van der Waals surface area contributed by atoms with E-state index in [9.17, 15) is 0 Å². The van der Waals surface area contributed by atoms with Gasteiger partial charge in [0, 0.05) is 22.1 Å². The zero-order chi connectivity index (χ0) is 17.4. The second kappa shape index (κ2) is 6.68. The van der Waals surface area contributed by atoms with Gasteiger partial charge in [-0.2, -0.15) is 5.10 Å². The summed E-state index contributed by atoms with van der Waals surface area (Å²) in [6.45, 7) is 5.31. The Bertz CT molecular complexity index is 889. The second-order valence-electron chi connectivity index (χ2n) is 6.82. The van der Waals surface area contributed by atoms with Crippen molar-refractivity contribution in [2.24, 2.45) is 0 Å². The Kier molecular flexibility index (Phi) is 4.38. The van der Waals surface area contributed by atoms with E-state index in [0.717, 1.165) is 34.6 Å². The summed E-state index contributed by atoms with van der Waals surface area (Å²) in [5.74, 6) is 1.15. The molecule has 0 fully saturated rings. The lowest BCUT2D eigenvalue weighted by Crippen LogP contribution is -2.07. The minimum Gasteiger partial charge on any atom is -0.370 e. The average molecular weight is 396 g/mol. The molecule has 4 heteroatoms. The Hall–Kier alpha value is -2.07. The van der Waals surface area contributed by atoms with Crippen LogP contribution in [0.3, 0.4) is 0 Å². The summed E-state index contributed by atoms with van der Waals surface area (Å²) in [5.41, 5.74) is 7.31. The largest absolute Gasteiger partial charge is 0.370 e. The first-order valence-corrected chi connectivity index (χ1v) is 9.61. The van der Waals surface area contributed by atoms with E-state index in [2.05, 4.69) is 82.2 Å². The van der Waals surface area contributed by atoms with E-state index in [1.807, 2.05) is 0 Å². The normalized spacial score (nSPS) is 13.9. The van der Waals surface area contributed by atoms with Crippen LogP contribution in [0, 0.1) is 13.8 Å². The Morgan fingerprint density at radius 2 is 1.72 bits per heavy atom. The standard InChI is InChI=1S/C21H22BrN3/c1-14-11-15(2)13-16(12-14)20-19-5-3-4-10-23-21(19)25(24-20)18-8-6-17(22)7-9-18/h6-9,11-13,23H,3-5,10H2,1-2H3. The van der Waals surface area contributed by atoms with Gasteiger partial charge in [0.2, 0.25) is 0 Å². The van der Waals surface area contributed by atoms with E-state index in [0.29, 0.717) is 0 Å². The number of halogens is 1. The van der Waals surface area contributed by atoms with Gasteiger partial charge < -0.3 is 5.32 Å². The van der Waals surface area contributed by atoms with Crippen molar-refractivity contribution >= 4 is 21.7 Å². The molecule has 0 spiro atoms. The molecule has 1 aromatic heterocycles. The fourth-order valence-electron chi connectivity index (χ4n) is 3.61. The van der Waals surface area contributed by atoms with E-state index in [-0.39, 0.29) is 0 Å². The van der Waals surface area contributed by atoms with Gasteiger partial charge in [0.15, 0.2) is 0 Å². The highest BCUT2D eigenvalue weighted by Gasteiger charge is 2.21. The highest BCUT2D eigenvalue weighted by molar-refractivity contribution is 9.10. The van der Waals surface area contributed by atoms with Gasteiger partial charge in [-0.05, 0) is 69.5 Å². The Balaban J connectivity index is 1.91. The molecule has 1 aliphatic heterocycles. The van der Waals surface area contributed by atoms with Crippen LogP contribution in [0.2, 0.25) is 0 Å². The molecule has 25 heavy (non-hydrogen) atoms. The summed E-state index contributed by atoms with van der Waals surface area (Å²) >= 11 is 3.52. The zero-order valence-corrected chi connectivity index (χ0v) is 16.2. The molecule has 1 aliphatic rings. The van der Waals surface area contributed by atoms with Gasteiger partial charge in [0.05, 0.1) is 11.4 Å². The first-order chi connectivity index (χ1) is 12.1. The third-order valence-corrected chi connectivity index (χ3v) is 5.22. The van der Waals surface area contributed by atoms with Gasteiger partial charge in [0.1, 0.15) is 5.82 Å². The Labute approximate surface area is 157 Å². The topological polar surface area (TPSA) is 29.9 Å². The molecule has 0 aliphatic carbocycles. The molecule has 1 N–H and O–H groups in total. The van der Waals surface area contributed by atoms with Crippen molar-refractivity contribution in [1.29, 1.82) is 0 Å². The maximum Gasteiger partial charge on any atom is 0.133 e. The predicted octanol–water partition coefficient (Wildman–Crippen LogP) is 5.67. The van der Waals surface area contributed by atoms with Gasteiger partial charge in [0.25, 0.3) is 0 Å². The van der Waals surface area contributed by atoms with Gasteiger partial charge in [-0.3, -0.25) is 0 Å². The highest BCUT2D eigenvalue weighted by Crippen LogP contribution is 2.34. The lowest BCUT2D eigenvalue weighted by atomic mass is 10.00. The molecule has 0 radical (unpaired) electrons. The summed E-state index contributed by atoms with van der Waals surface area (Å²) in [7, 11) is 0. The van der Waals surface area contributed by atoms with Gasteiger partial charge in [-0.15, -0.1) is 0 Å². The van der Waals surface area contributed by atoms with Crippen LogP contribution in [0.15, 0.2) is 46.9 Å². The molecule has 128 valence electrons. The number of hydrogen-bond acceptors (Lipinski definition) is 2. The molecule has 2 aromatic carbocycles. The van der Waals surface area contributed by atoms with Crippen LogP contribution in [0.1, 0.15) is 29.5 Å². The number of nitrogens with one attached hydrogen (secondary N) is 1. The molecule has 0 saturated heterocycles. The SMILES string of the molecule is Cc1cc(C)cc(-c2nn(-c3ccc(Br)cc3)c3c2CCCCN3)c1. The van der Waals surface area contributed by atoms with Crippen molar-refractivity contribution in [3.63, 3.8) is 0 Å². The minimum atomic E-state index is 1.00. The highest BCUT2D eigenvalue weighted by atomic mass is 79.9. The molecule has 0 amide bonds. The fourth-order valence-corrected chi connectivity index (χ4v) is 3.88. The maximum absolute atomic E-state index is 5.02. The number of aryl methyl sites for hydroxylation is 2. The third kappa shape index (κ3) is 3.23. The quantitative estimate of drug-likeness (QED) is 0.605. The number of anilines is 1. The smallest absolute Gasteiger partial charge is 0.133 e. The predicted molar refractivity (Wildman–Crippen MR) is 108 cm³/mol. The van der Waals surface area contributed by atoms with Crippen LogP contribution in [-0.2, 0) is 6.42 Å². The number of benzene rings is 2. The lowest BCUT2D eigenvalue weighted by molar-refractivity contribution is 0.780. The Morgan fingerprint density at radius 1 is 1.00 bits per heavy atom. The number of rotatable bonds is 2. The Morgan fingerprint density at radius 3 is 2.44 bits per heavy atom. The van der Waals surface area contributed by atoms with Crippen molar-refractivity contribution in [2.45, 2.75) is 33.1 Å². The number of nitrogens with zero attached hydrogens (tertiary/aromatic N) is 2. The van der Waals surface area contributed by atoms with Crippen LogP contribution < -0.4 is 5.32 Å². The number of aromatic nitrogens is 2. The number of hydrogen-bond donors (Lipinski definition) is 1. The number of fused-ring (bicyclic) bond motifs is 1. The van der Waals surface area contributed by atoms with E-state index in [1.165, 1.54) is 35.1 Å². The van der Waals surface area contributed by atoms with Crippen molar-refractivity contribution in [3.05, 3.63) is 63.6 Å². The van der Waals surface area contributed by atoms with Crippen LogP contribution in [0.4, 0.5) is 5.82 Å². The van der Waals surface area contributed by atoms with E-state index >= 15 is 0 Å². The van der Waals surface area contributed by atoms with Gasteiger partial charge >= 0.3 is 0 Å². The third-order valence-electron chi connectivity index (χ3n) is 4.70. The summed E-state index contributed by atoms with van der Waals surface area (Å²) in [6.07, 6.45) is 3.46. The summed E-state index contributed by atoms with van der Waals surface area (Å²) in [5, 5.41) is 8.64. The molecule has 0 atom stereocenters. The van der Waals surface area contributed by atoms with E-state index in [4.69, 9.17) is 5.10 Å². The van der Waals surface area contributed by atoms with Crippen LogP contribution >= 0.6 is 15.9 Å². The van der Waals surface area contributed by atoms with Gasteiger partial charge in [-0.1, -0.05) is 33.1 Å². The first-order valence-electron chi connectivity index (χ1n) is 8.82.